The molecule has 0 amide bonds. The Morgan fingerprint density at radius 1 is 1.53 bits per heavy atom. The Balaban J connectivity index is 1.78. The van der Waals surface area contributed by atoms with Crippen LogP contribution in [-0.2, 0) is 22.9 Å². The standard InChI is InChI=1S/C8H15N5O2/c1-13-11-7(10-12-13)4-6(9)5-8-14-2-3-15-8/h6,8H,2-5,9H2,1H3. The van der Waals surface area contributed by atoms with E-state index in [2.05, 4.69) is 15.4 Å². The topological polar surface area (TPSA) is 88.1 Å². The van der Waals surface area contributed by atoms with Gasteiger partial charge in [-0.2, -0.15) is 4.80 Å². The third kappa shape index (κ3) is 2.95. The molecule has 2 heterocycles. The molecule has 1 aromatic heterocycles. The molecule has 84 valence electrons. The van der Waals surface area contributed by atoms with Crippen molar-refractivity contribution >= 4 is 0 Å². The fraction of sp³-hybridized carbons (Fsp3) is 0.875. The minimum absolute atomic E-state index is 0.0581. The molecule has 2 N–H and O–H groups in total. The molecule has 7 nitrogen and oxygen atoms in total. The molecule has 1 saturated heterocycles. The second kappa shape index (κ2) is 4.65. The SMILES string of the molecule is Cn1nnc(CC(N)CC2OCCO2)n1. The summed E-state index contributed by atoms with van der Waals surface area (Å²) in [6, 6.07) is -0.0581. The first-order chi connectivity index (χ1) is 7.24. The Labute approximate surface area is 87.5 Å². The van der Waals surface area contributed by atoms with E-state index in [-0.39, 0.29) is 12.3 Å². The maximum atomic E-state index is 5.92. The van der Waals surface area contributed by atoms with Gasteiger partial charge in [0, 0.05) is 18.9 Å². The van der Waals surface area contributed by atoms with Gasteiger partial charge >= 0.3 is 0 Å². The average molecular weight is 213 g/mol. The normalized spacial score (nSPS) is 19.6. The monoisotopic (exact) mass is 213 g/mol. The zero-order chi connectivity index (χ0) is 10.7. The van der Waals surface area contributed by atoms with Crippen molar-refractivity contribution in [1.29, 1.82) is 0 Å². The molecule has 1 aromatic rings. The fourth-order valence-corrected chi connectivity index (χ4v) is 1.51. The second-order valence-corrected chi connectivity index (χ2v) is 3.57. The summed E-state index contributed by atoms with van der Waals surface area (Å²) >= 11 is 0. The third-order valence-corrected chi connectivity index (χ3v) is 2.18. The second-order valence-electron chi connectivity index (χ2n) is 3.57. The Morgan fingerprint density at radius 3 is 2.87 bits per heavy atom. The largest absolute Gasteiger partial charge is 0.350 e. The molecule has 1 unspecified atom stereocenters. The zero-order valence-corrected chi connectivity index (χ0v) is 8.67. The fourth-order valence-electron chi connectivity index (χ4n) is 1.51. The summed E-state index contributed by atoms with van der Waals surface area (Å²) in [7, 11) is 1.73. The molecule has 1 atom stereocenters. The quantitative estimate of drug-likeness (QED) is 0.679. The van der Waals surface area contributed by atoms with Crippen LogP contribution in [0.4, 0.5) is 0 Å². The van der Waals surface area contributed by atoms with Crippen molar-refractivity contribution in [3.8, 4) is 0 Å². The van der Waals surface area contributed by atoms with Gasteiger partial charge < -0.3 is 15.2 Å². The number of hydrogen-bond acceptors (Lipinski definition) is 6. The van der Waals surface area contributed by atoms with E-state index < -0.39 is 0 Å². The van der Waals surface area contributed by atoms with Gasteiger partial charge in [-0.3, -0.25) is 0 Å². The molecule has 7 heteroatoms. The highest BCUT2D eigenvalue weighted by Crippen LogP contribution is 2.10. The number of hydrogen-bond donors (Lipinski definition) is 1. The van der Waals surface area contributed by atoms with E-state index in [1.807, 2.05) is 0 Å². The van der Waals surface area contributed by atoms with E-state index in [4.69, 9.17) is 15.2 Å². The highest BCUT2D eigenvalue weighted by molar-refractivity contribution is 4.83. The van der Waals surface area contributed by atoms with E-state index in [0.717, 1.165) is 0 Å². The van der Waals surface area contributed by atoms with Crippen LogP contribution < -0.4 is 5.73 Å². The zero-order valence-electron chi connectivity index (χ0n) is 8.67. The van der Waals surface area contributed by atoms with Crippen LogP contribution in [-0.4, -0.2) is 45.8 Å². The van der Waals surface area contributed by atoms with Gasteiger partial charge in [-0.25, -0.2) is 0 Å². The summed E-state index contributed by atoms with van der Waals surface area (Å²) in [6.45, 7) is 1.31. The van der Waals surface area contributed by atoms with Crippen molar-refractivity contribution in [2.75, 3.05) is 13.2 Å². The van der Waals surface area contributed by atoms with Gasteiger partial charge in [0.2, 0.25) is 0 Å². The first-order valence-electron chi connectivity index (χ1n) is 4.95. The molecular weight excluding hydrogens is 198 g/mol. The molecule has 0 aliphatic carbocycles. The number of tetrazole rings is 1. The van der Waals surface area contributed by atoms with Crippen LogP contribution in [0.25, 0.3) is 0 Å². The summed E-state index contributed by atoms with van der Waals surface area (Å²) in [4.78, 5) is 1.42. The molecule has 0 bridgehead atoms. The van der Waals surface area contributed by atoms with Crippen LogP contribution in [0.2, 0.25) is 0 Å². The van der Waals surface area contributed by atoms with E-state index in [1.165, 1.54) is 4.80 Å². The minimum atomic E-state index is -0.170. The molecule has 0 saturated carbocycles. The lowest BCUT2D eigenvalue weighted by Gasteiger charge is -2.13. The lowest BCUT2D eigenvalue weighted by Crippen LogP contribution is -2.29. The smallest absolute Gasteiger partial charge is 0.176 e. The van der Waals surface area contributed by atoms with Gasteiger partial charge in [0.15, 0.2) is 12.1 Å². The van der Waals surface area contributed by atoms with Gasteiger partial charge in [-0.15, -0.1) is 10.2 Å². The molecule has 1 fully saturated rings. The molecule has 1 aliphatic heterocycles. The Kier molecular flexibility index (Phi) is 3.24. The van der Waals surface area contributed by atoms with Crippen molar-refractivity contribution in [2.45, 2.75) is 25.2 Å². The maximum absolute atomic E-state index is 5.92. The molecule has 1 aliphatic rings. The van der Waals surface area contributed by atoms with Crippen molar-refractivity contribution in [1.82, 2.24) is 20.2 Å². The van der Waals surface area contributed by atoms with Crippen molar-refractivity contribution in [2.24, 2.45) is 12.8 Å². The van der Waals surface area contributed by atoms with E-state index in [9.17, 15) is 0 Å². The predicted octanol–water partition coefficient (Wildman–Crippen LogP) is -1.16. The van der Waals surface area contributed by atoms with Gasteiger partial charge in [0.05, 0.1) is 20.3 Å². The number of aryl methyl sites for hydroxylation is 1. The summed E-state index contributed by atoms with van der Waals surface area (Å²) in [5.74, 6) is 0.656. The first-order valence-corrected chi connectivity index (χ1v) is 4.95. The van der Waals surface area contributed by atoms with Crippen LogP contribution in [0.5, 0.6) is 0 Å². The molecular formula is C8H15N5O2. The van der Waals surface area contributed by atoms with Gasteiger partial charge in [-0.1, -0.05) is 0 Å². The number of rotatable bonds is 4. The summed E-state index contributed by atoms with van der Waals surface area (Å²) in [6.07, 6.45) is 1.09. The van der Waals surface area contributed by atoms with Crippen LogP contribution in [0.3, 0.4) is 0 Å². The van der Waals surface area contributed by atoms with Crippen molar-refractivity contribution < 1.29 is 9.47 Å². The van der Waals surface area contributed by atoms with Gasteiger partial charge in [0.1, 0.15) is 0 Å². The lowest BCUT2D eigenvalue weighted by molar-refractivity contribution is -0.0505. The summed E-state index contributed by atoms with van der Waals surface area (Å²) in [5, 5.41) is 11.7. The highest BCUT2D eigenvalue weighted by Gasteiger charge is 2.20. The van der Waals surface area contributed by atoms with Gasteiger partial charge in [0.25, 0.3) is 0 Å². The number of aromatic nitrogens is 4. The van der Waals surface area contributed by atoms with Crippen LogP contribution in [0.1, 0.15) is 12.2 Å². The summed E-state index contributed by atoms with van der Waals surface area (Å²) in [5.41, 5.74) is 5.92. The Morgan fingerprint density at radius 2 is 2.27 bits per heavy atom. The molecule has 0 spiro atoms. The van der Waals surface area contributed by atoms with E-state index >= 15 is 0 Å². The van der Waals surface area contributed by atoms with E-state index in [0.29, 0.717) is 31.9 Å². The molecule has 0 aromatic carbocycles. The molecule has 2 rings (SSSR count). The van der Waals surface area contributed by atoms with Crippen molar-refractivity contribution in [3.63, 3.8) is 0 Å². The summed E-state index contributed by atoms with van der Waals surface area (Å²) < 4.78 is 10.6. The number of ether oxygens (including phenoxy) is 2. The first kappa shape index (κ1) is 10.5. The van der Waals surface area contributed by atoms with Crippen molar-refractivity contribution in [3.05, 3.63) is 5.82 Å². The number of nitrogens with zero attached hydrogens (tertiary/aromatic N) is 4. The lowest BCUT2D eigenvalue weighted by atomic mass is 10.1. The highest BCUT2D eigenvalue weighted by atomic mass is 16.7. The van der Waals surface area contributed by atoms with Crippen LogP contribution in [0, 0.1) is 0 Å². The van der Waals surface area contributed by atoms with E-state index in [1.54, 1.807) is 7.05 Å². The van der Waals surface area contributed by atoms with Crippen LogP contribution >= 0.6 is 0 Å². The van der Waals surface area contributed by atoms with Crippen LogP contribution in [0.15, 0.2) is 0 Å². The molecule has 15 heavy (non-hydrogen) atoms. The average Bonchev–Trinajstić information content (AvgIpc) is 2.77. The Bertz CT molecular complexity index is 310. The van der Waals surface area contributed by atoms with Gasteiger partial charge in [-0.05, 0) is 5.21 Å². The number of nitrogens with two attached hydrogens (primary N) is 1. The third-order valence-electron chi connectivity index (χ3n) is 2.18. The maximum Gasteiger partial charge on any atom is 0.176 e. The Hall–Kier alpha value is -1.05. The molecule has 0 radical (unpaired) electrons. The minimum Gasteiger partial charge on any atom is -0.350 e. The predicted molar refractivity (Wildman–Crippen MR) is 50.8 cm³/mol.